The van der Waals surface area contributed by atoms with Crippen LogP contribution in [0.5, 0.6) is 0 Å². The standard InChI is InChI=1S/C12H17NO4S2/c14-12(15)10-6-7-11(18-10)19(16,17)13-8-4-2-1-3-5-9-13/h6-7H,1-5,8-9H2,(H,14,15). The third-order valence-corrected chi connectivity index (χ3v) is 6.64. The summed E-state index contributed by atoms with van der Waals surface area (Å²) in [4.78, 5) is 10.9. The Morgan fingerprint density at radius 3 is 2.21 bits per heavy atom. The Kier molecular flexibility index (Phi) is 4.59. The predicted octanol–water partition coefficient (Wildman–Crippen LogP) is 2.40. The van der Waals surface area contributed by atoms with Gasteiger partial charge < -0.3 is 5.11 Å². The Bertz CT molecular complexity index is 542. The van der Waals surface area contributed by atoms with Crippen molar-refractivity contribution in [2.75, 3.05) is 13.1 Å². The maximum absolute atomic E-state index is 12.4. The summed E-state index contributed by atoms with van der Waals surface area (Å²) in [5, 5.41) is 8.86. The molecule has 7 heteroatoms. The van der Waals surface area contributed by atoms with Crippen LogP contribution < -0.4 is 0 Å². The minimum atomic E-state index is -3.53. The molecular formula is C12H17NO4S2. The molecule has 1 fully saturated rings. The van der Waals surface area contributed by atoms with E-state index in [-0.39, 0.29) is 9.09 Å². The Labute approximate surface area is 116 Å². The van der Waals surface area contributed by atoms with Crippen LogP contribution in [0.3, 0.4) is 0 Å². The molecule has 5 nitrogen and oxygen atoms in total. The first-order valence-electron chi connectivity index (χ1n) is 6.35. The molecule has 1 N–H and O–H groups in total. The van der Waals surface area contributed by atoms with Crippen molar-refractivity contribution in [1.29, 1.82) is 0 Å². The summed E-state index contributed by atoms with van der Waals surface area (Å²) in [6.07, 6.45) is 5.01. The number of carboxylic acid groups (broad SMARTS) is 1. The molecule has 1 aromatic heterocycles. The summed E-state index contributed by atoms with van der Waals surface area (Å²) >= 11 is 0.824. The monoisotopic (exact) mass is 303 g/mol. The molecule has 1 aliphatic rings. The van der Waals surface area contributed by atoms with Crippen LogP contribution in [-0.4, -0.2) is 36.9 Å². The maximum atomic E-state index is 12.4. The van der Waals surface area contributed by atoms with Gasteiger partial charge >= 0.3 is 5.97 Å². The summed E-state index contributed by atoms with van der Waals surface area (Å²) in [6.45, 7) is 1.06. The van der Waals surface area contributed by atoms with Gasteiger partial charge in [-0.3, -0.25) is 0 Å². The van der Waals surface area contributed by atoms with Crippen LogP contribution in [-0.2, 0) is 10.0 Å². The fourth-order valence-corrected chi connectivity index (χ4v) is 4.98. The molecule has 1 saturated heterocycles. The van der Waals surface area contributed by atoms with E-state index in [1.54, 1.807) is 0 Å². The third-order valence-electron chi connectivity index (χ3n) is 3.20. The van der Waals surface area contributed by atoms with E-state index in [0.717, 1.165) is 43.4 Å². The molecule has 19 heavy (non-hydrogen) atoms. The van der Waals surface area contributed by atoms with Crippen molar-refractivity contribution in [1.82, 2.24) is 4.31 Å². The third kappa shape index (κ3) is 3.34. The van der Waals surface area contributed by atoms with Crippen LogP contribution in [0.4, 0.5) is 0 Å². The molecule has 106 valence electrons. The smallest absolute Gasteiger partial charge is 0.345 e. The Hall–Kier alpha value is -0.920. The zero-order valence-corrected chi connectivity index (χ0v) is 12.2. The Balaban J connectivity index is 2.21. The summed E-state index contributed by atoms with van der Waals surface area (Å²) in [6, 6.07) is 2.74. The molecule has 2 rings (SSSR count). The van der Waals surface area contributed by atoms with Crippen LogP contribution in [0.1, 0.15) is 41.8 Å². The van der Waals surface area contributed by atoms with E-state index in [1.165, 1.54) is 16.4 Å². The van der Waals surface area contributed by atoms with E-state index in [1.807, 2.05) is 0 Å². The van der Waals surface area contributed by atoms with E-state index < -0.39 is 16.0 Å². The summed E-state index contributed by atoms with van der Waals surface area (Å²) in [5.74, 6) is -1.08. The number of rotatable bonds is 3. The average Bonchev–Trinajstić information content (AvgIpc) is 2.77. The first kappa shape index (κ1) is 14.5. The normalized spacial score (nSPS) is 18.7. The summed E-state index contributed by atoms with van der Waals surface area (Å²) in [7, 11) is -3.53. The SMILES string of the molecule is O=C(O)c1ccc(S(=O)(=O)N2CCCCCCC2)s1. The number of nitrogens with zero attached hydrogens (tertiary/aromatic N) is 1. The van der Waals surface area contributed by atoms with Crippen molar-refractivity contribution in [3.63, 3.8) is 0 Å². The van der Waals surface area contributed by atoms with Gasteiger partial charge in [-0.15, -0.1) is 11.3 Å². The zero-order chi connectivity index (χ0) is 13.9. The fourth-order valence-electron chi connectivity index (χ4n) is 2.16. The second-order valence-corrected chi connectivity index (χ2v) is 7.84. The molecule has 0 unspecified atom stereocenters. The van der Waals surface area contributed by atoms with Gasteiger partial charge in [0, 0.05) is 13.1 Å². The molecular weight excluding hydrogens is 286 g/mol. The molecule has 0 saturated carbocycles. The highest BCUT2D eigenvalue weighted by Gasteiger charge is 2.26. The van der Waals surface area contributed by atoms with Gasteiger partial charge in [-0.05, 0) is 25.0 Å². The zero-order valence-electron chi connectivity index (χ0n) is 10.5. The second kappa shape index (κ2) is 6.02. The van der Waals surface area contributed by atoms with Crippen molar-refractivity contribution >= 4 is 27.3 Å². The minimum absolute atomic E-state index is 0.0608. The van der Waals surface area contributed by atoms with Gasteiger partial charge in [0.2, 0.25) is 0 Å². The molecule has 0 aliphatic carbocycles. The second-order valence-electron chi connectivity index (χ2n) is 4.60. The molecule has 1 aromatic rings. The molecule has 1 aliphatic heterocycles. The number of thiophene rings is 1. The molecule has 0 amide bonds. The molecule has 0 aromatic carbocycles. The largest absolute Gasteiger partial charge is 0.477 e. The van der Waals surface area contributed by atoms with Gasteiger partial charge in [-0.25, -0.2) is 13.2 Å². The van der Waals surface area contributed by atoms with Gasteiger partial charge in [-0.1, -0.05) is 19.3 Å². The van der Waals surface area contributed by atoms with Crippen molar-refractivity contribution in [3.05, 3.63) is 17.0 Å². The van der Waals surface area contributed by atoms with Crippen LogP contribution in [0.2, 0.25) is 0 Å². The molecule has 0 spiro atoms. The maximum Gasteiger partial charge on any atom is 0.345 e. The van der Waals surface area contributed by atoms with Gasteiger partial charge in [-0.2, -0.15) is 4.31 Å². The number of carboxylic acids is 1. The van der Waals surface area contributed by atoms with Crippen molar-refractivity contribution in [2.24, 2.45) is 0 Å². The van der Waals surface area contributed by atoms with E-state index in [4.69, 9.17) is 5.11 Å². The minimum Gasteiger partial charge on any atom is -0.477 e. The van der Waals surface area contributed by atoms with Crippen LogP contribution in [0.25, 0.3) is 0 Å². The highest BCUT2D eigenvalue weighted by atomic mass is 32.2. The number of aromatic carboxylic acids is 1. The van der Waals surface area contributed by atoms with Crippen molar-refractivity contribution in [3.8, 4) is 0 Å². The van der Waals surface area contributed by atoms with Gasteiger partial charge in [0.25, 0.3) is 10.0 Å². The molecule has 0 bridgehead atoms. The first-order valence-corrected chi connectivity index (χ1v) is 8.61. The van der Waals surface area contributed by atoms with E-state index in [9.17, 15) is 13.2 Å². The molecule has 0 atom stereocenters. The van der Waals surface area contributed by atoms with E-state index >= 15 is 0 Å². The van der Waals surface area contributed by atoms with Gasteiger partial charge in [0.1, 0.15) is 9.09 Å². The number of hydrogen-bond donors (Lipinski definition) is 1. The highest BCUT2D eigenvalue weighted by Crippen LogP contribution is 2.26. The van der Waals surface area contributed by atoms with Gasteiger partial charge in [0.05, 0.1) is 0 Å². The quantitative estimate of drug-likeness (QED) is 0.930. The lowest BCUT2D eigenvalue weighted by atomic mass is 10.1. The van der Waals surface area contributed by atoms with E-state index in [2.05, 4.69) is 0 Å². The number of sulfonamides is 1. The lowest BCUT2D eigenvalue weighted by Gasteiger charge is -2.23. The Morgan fingerprint density at radius 1 is 1.11 bits per heavy atom. The van der Waals surface area contributed by atoms with Gasteiger partial charge in [0.15, 0.2) is 0 Å². The van der Waals surface area contributed by atoms with Crippen molar-refractivity contribution < 1.29 is 18.3 Å². The topological polar surface area (TPSA) is 74.7 Å². The first-order chi connectivity index (χ1) is 9.01. The molecule has 2 heterocycles. The van der Waals surface area contributed by atoms with Crippen LogP contribution in [0.15, 0.2) is 16.3 Å². The fraction of sp³-hybridized carbons (Fsp3) is 0.583. The lowest BCUT2D eigenvalue weighted by molar-refractivity contribution is 0.0702. The van der Waals surface area contributed by atoms with Crippen LogP contribution in [0, 0.1) is 0 Å². The number of carbonyl (C=O) groups is 1. The number of hydrogen-bond acceptors (Lipinski definition) is 4. The van der Waals surface area contributed by atoms with E-state index in [0.29, 0.717) is 13.1 Å². The van der Waals surface area contributed by atoms with Crippen LogP contribution >= 0.6 is 11.3 Å². The summed E-state index contributed by atoms with van der Waals surface area (Å²) < 4.78 is 26.5. The highest BCUT2D eigenvalue weighted by molar-refractivity contribution is 7.91. The molecule has 0 radical (unpaired) electrons. The Morgan fingerprint density at radius 2 is 1.68 bits per heavy atom. The average molecular weight is 303 g/mol. The predicted molar refractivity (Wildman–Crippen MR) is 73.1 cm³/mol. The summed E-state index contributed by atoms with van der Waals surface area (Å²) in [5.41, 5.74) is 0. The van der Waals surface area contributed by atoms with Crippen molar-refractivity contribution in [2.45, 2.75) is 36.3 Å². The lowest BCUT2D eigenvalue weighted by Crippen LogP contribution is -2.33.